The quantitative estimate of drug-likeness (QED) is 0.0783. The number of aliphatic hydroxyl groups excluding tert-OH is 2. The molecule has 15 N–H and O–H groups in total. The fraction of sp³-hybridized carbons (Fsp3) is 0.205. The van der Waals surface area contributed by atoms with Crippen molar-refractivity contribution in [3.8, 4) is 86.2 Å². The van der Waals surface area contributed by atoms with Crippen LogP contribution >= 0.6 is 11.8 Å². The van der Waals surface area contributed by atoms with Gasteiger partial charge in [0, 0.05) is 46.2 Å². The Morgan fingerprint density at radius 2 is 1.07 bits per heavy atom. The second kappa shape index (κ2) is 15.0. The fourth-order valence-electron chi connectivity index (χ4n) is 7.26. The molecule has 0 amide bonds. The molecular formula is C39H34O19S. The molecule has 0 spiro atoms. The summed E-state index contributed by atoms with van der Waals surface area (Å²) >= 11 is 0.903. The topological polar surface area (TPSA) is 348 Å². The van der Waals surface area contributed by atoms with Crippen molar-refractivity contribution >= 4 is 17.7 Å². The minimum absolute atomic E-state index is 0.0573. The number of hydrogen-bond donors (Lipinski definition) is 15. The SMILES string of the molecule is O=C(O[C@@H]1[C@@H](c2c(O)cc(O)c3c2O[C@H](c2cc(O)c(O)c(O)c2)[C@H](O)[C@H]3SCCO)c2c(O)cc(O)cc2O[C@@H]1c1cc(O)c(O)c(O)c1)c1cc(O)c(O)c(O)c1. The summed E-state index contributed by atoms with van der Waals surface area (Å²) < 4.78 is 18.5. The number of thioether (sulfide) groups is 1. The van der Waals surface area contributed by atoms with Crippen molar-refractivity contribution in [1.29, 1.82) is 0 Å². The zero-order chi connectivity index (χ0) is 42.8. The summed E-state index contributed by atoms with van der Waals surface area (Å²) in [6.45, 7) is -0.430. The minimum atomic E-state index is -1.94. The number of carbonyl (C=O) groups is 1. The number of carbonyl (C=O) groups excluding carboxylic acids is 1. The first-order valence-electron chi connectivity index (χ1n) is 17.3. The zero-order valence-corrected chi connectivity index (χ0v) is 30.6. The Hall–Kier alpha value is -7.16. The Balaban J connectivity index is 1.53. The van der Waals surface area contributed by atoms with Gasteiger partial charge in [-0.15, -0.1) is 11.8 Å². The van der Waals surface area contributed by atoms with E-state index >= 15 is 0 Å². The summed E-state index contributed by atoms with van der Waals surface area (Å²) in [5, 5.41) is 158. The number of phenolic OH excluding ortho intramolecular Hbond substituents is 13. The van der Waals surface area contributed by atoms with Crippen LogP contribution in [0.2, 0.25) is 0 Å². The van der Waals surface area contributed by atoms with E-state index < -0.39 is 140 Å². The zero-order valence-electron chi connectivity index (χ0n) is 29.8. The lowest BCUT2D eigenvalue weighted by atomic mass is 9.77. The normalized spacial score (nSPS) is 20.8. The number of benzene rings is 5. The first-order chi connectivity index (χ1) is 27.9. The molecule has 0 fully saturated rings. The van der Waals surface area contributed by atoms with Crippen LogP contribution in [0.4, 0.5) is 0 Å². The monoisotopic (exact) mass is 838 g/mol. The molecule has 5 aromatic carbocycles. The second-order valence-corrected chi connectivity index (χ2v) is 14.8. The van der Waals surface area contributed by atoms with Crippen molar-refractivity contribution in [3.63, 3.8) is 0 Å². The van der Waals surface area contributed by atoms with Gasteiger partial charge in [-0.2, -0.15) is 0 Å². The first kappa shape index (κ1) is 40.1. The van der Waals surface area contributed by atoms with Crippen LogP contribution in [-0.2, 0) is 4.74 Å². The fourth-order valence-corrected chi connectivity index (χ4v) is 8.35. The highest BCUT2D eigenvalue weighted by molar-refractivity contribution is 7.99. The molecule has 7 rings (SSSR count). The standard InChI is InChI=1S/C39H34O19S/c40-1-2-59-38-28-18(44)11-17(43)27(36(28)57-34(33(38)54)12-3-19(45)30(51)20(46)4-12)29-26-16(42)9-15(41)10-25(26)56-35(13-5-21(47)31(52)22(48)6-13)37(29)58-39(55)14-7-23(49)32(53)24(50)8-14/h3-11,29,33-35,37-38,40-54H,1-2H2/t29-,33+,34-,35-,37-,38+/m1/s1. The van der Waals surface area contributed by atoms with E-state index in [2.05, 4.69) is 0 Å². The minimum Gasteiger partial charge on any atom is -0.508 e. The highest BCUT2D eigenvalue weighted by atomic mass is 32.2. The third-order valence-corrected chi connectivity index (χ3v) is 11.1. The molecule has 20 heteroatoms. The van der Waals surface area contributed by atoms with Gasteiger partial charge >= 0.3 is 5.97 Å². The Bertz CT molecular complexity index is 2440. The van der Waals surface area contributed by atoms with E-state index in [-0.39, 0.29) is 33.8 Å². The summed E-state index contributed by atoms with van der Waals surface area (Å²) in [6, 6.07) is 7.90. The number of rotatable bonds is 8. The van der Waals surface area contributed by atoms with Crippen LogP contribution in [0.5, 0.6) is 86.2 Å². The number of fused-ring (bicyclic) bond motifs is 2. The van der Waals surface area contributed by atoms with Gasteiger partial charge in [0.2, 0.25) is 0 Å². The van der Waals surface area contributed by atoms with E-state index in [1.807, 2.05) is 0 Å². The van der Waals surface area contributed by atoms with Crippen LogP contribution in [0.25, 0.3) is 0 Å². The molecule has 5 aromatic rings. The van der Waals surface area contributed by atoms with Gasteiger partial charge < -0.3 is 90.8 Å². The lowest BCUT2D eigenvalue weighted by molar-refractivity contribution is -0.0286. The molecule has 310 valence electrons. The molecule has 6 atom stereocenters. The van der Waals surface area contributed by atoms with Gasteiger partial charge in [0.05, 0.1) is 28.9 Å². The summed E-state index contributed by atoms with van der Waals surface area (Å²) in [4.78, 5) is 14.0. The summed E-state index contributed by atoms with van der Waals surface area (Å²) in [6.07, 6.45) is -6.98. The largest absolute Gasteiger partial charge is 0.508 e. The molecule has 0 bridgehead atoms. The number of ether oxygens (including phenoxy) is 3. The molecule has 0 radical (unpaired) electrons. The van der Waals surface area contributed by atoms with Crippen LogP contribution in [0.3, 0.4) is 0 Å². The first-order valence-corrected chi connectivity index (χ1v) is 18.3. The van der Waals surface area contributed by atoms with Gasteiger partial charge in [0.1, 0.15) is 40.6 Å². The predicted molar refractivity (Wildman–Crippen MR) is 200 cm³/mol. The van der Waals surface area contributed by atoms with Crippen LogP contribution in [0.1, 0.15) is 61.6 Å². The van der Waals surface area contributed by atoms with E-state index in [0.717, 1.165) is 66.4 Å². The molecule has 0 saturated carbocycles. The Morgan fingerprint density at radius 3 is 1.61 bits per heavy atom. The average molecular weight is 839 g/mol. The molecule has 59 heavy (non-hydrogen) atoms. The maximum atomic E-state index is 14.0. The van der Waals surface area contributed by atoms with Gasteiger partial charge in [0.15, 0.2) is 70.1 Å². The molecule has 0 aromatic heterocycles. The Kier molecular flexibility index (Phi) is 10.2. The summed E-state index contributed by atoms with van der Waals surface area (Å²) in [5.41, 5.74) is -1.92. The lowest BCUT2D eigenvalue weighted by Gasteiger charge is -2.43. The van der Waals surface area contributed by atoms with E-state index in [0.29, 0.717) is 0 Å². The number of hydrogen-bond acceptors (Lipinski definition) is 20. The van der Waals surface area contributed by atoms with Crippen LogP contribution in [0, 0.1) is 0 Å². The Morgan fingerprint density at radius 1 is 0.576 bits per heavy atom. The maximum Gasteiger partial charge on any atom is 0.338 e. The molecule has 2 aliphatic heterocycles. The summed E-state index contributed by atoms with van der Waals surface area (Å²) in [7, 11) is 0. The van der Waals surface area contributed by atoms with Gasteiger partial charge in [-0.1, -0.05) is 0 Å². The number of aromatic hydroxyl groups is 13. The van der Waals surface area contributed by atoms with Crippen LogP contribution in [-0.4, -0.2) is 107 Å². The van der Waals surface area contributed by atoms with Crippen LogP contribution < -0.4 is 9.47 Å². The van der Waals surface area contributed by atoms with Gasteiger partial charge in [-0.25, -0.2) is 4.79 Å². The van der Waals surface area contributed by atoms with Gasteiger partial charge in [-0.3, -0.25) is 0 Å². The van der Waals surface area contributed by atoms with E-state index in [1.165, 1.54) is 0 Å². The van der Waals surface area contributed by atoms with Gasteiger partial charge in [0.25, 0.3) is 0 Å². The predicted octanol–water partition coefficient (Wildman–Crippen LogP) is 3.61. The average Bonchev–Trinajstić information content (AvgIpc) is 3.17. The maximum absolute atomic E-state index is 14.0. The third-order valence-electron chi connectivity index (χ3n) is 9.85. The Labute approximate surface area is 334 Å². The van der Waals surface area contributed by atoms with E-state index in [1.54, 1.807) is 0 Å². The van der Waals surface area contributed by atoms with Crippen LogP contribution in [0.15, 0.2) is 54.6 Å². The highest BCUT2D eigenvalue weighted by Crippen LogP contribution is 2.61. The van der Waals surface area contributed by atoms with Crippen molar-refractivity contribution in [2.24, 2.45) is 0 Å². The highest BCUT2D eigenvalue weighted by Gasteiger charge is 2.51. The van der Waals surface area contributed by atoms with Gasteiger partial charge in [-0.05, 0) is 36.4 Å². The smallest absolute Gasteiger partial charge is 0.338 e. The molecular weight excluding hydrogens is 804 g/mol. The molecule has 2 aliphatic rings. The van der Waals surface area contributed by atoms with Crippen molar-refractivity contribution in [2.75, 3.05) is 12.4 Å². The second-order valence-electron chi connectivity index (χ2n) is 13.6. The summed E-state index contributed by atoms with van der Waals surface area (Å²) in [5.74, 6) is -15.0. The van der Waals surface area contributed by atoms with E-state index in [4.69, 9.17) is 14.2 Å². The third kappa shape index (κ3) is 6.87. The number of aliphatic hydroxyl groups is 2. The molecule has 2 heterocycles. The van der Waals surface area contributed by atoms with Crippen molar-refractivity contribution in [2.45, 2.75) is 35.6 Å². The number of esters is 1. The number of phenols is 13. The molecule has 0 aliphatic carbocycles. The molecule has 0 unspecified atom stereocenters. The molecule has 0 saturated heterocycles. The van der Waals surface area contributed by atoms with E-state index in [9.17, 15) is 81.4 Å². The van der Waals surface area contributed by atoms with Crippen molar-refractivity contribution in [1.82, 2.24) is 0 Å². The lowest BCUT2D eigenvalue weighted by Crippen LogP contribution is -2.40. The molecule has 19 nitrogen and oxygen atoms in total. The van der Waals surface area contributed by atoms with Crippen molar-refractivity contribution < 1.29 is 95.6 Å². The van der Waals surface area contributed by atoms with Crippen molar-refractivity contribution in [3.05, 3.63) is 88.0 Å².